The zero-order chi connectivity index (χ0) is 22.3. The first-order valence-corrected chi connectivity index (χ1v) is 12.0. The van der Waals surface area contributed by atoms with Crippen molar-refractivity contribution in [1.82, 2.24) is 9.88 Å². The van der Waals surface area contributed by atoms with Crippen molar-refractivity contribution in [3.63, 3.8) is 0 Å². The summed E-state index contributed by atoms with van der Waals surface area (Å²) >= 11 is 0. The van der Waals surface area contributed by atoms with Crippen LogP contribution in [0.4, 0.5) is 11.4 Å². The number of carbonyl (C=O) groups is 2. The summed E-state index contributed by atoms with van der Waals surface area (Å²) in [5.74, 6) is 0.0692. The molecular weight excluding hydrogens is 418 g/mol. The van der Waals surface area contributed by atoms with Gasteiger partial charge >= 0.3 is 0 Å². The van der Waals surface area contributed by atoms with Gasteiger partial charge < -0.3 is 15.0 Å². The second kappa shape index (κ2) is 8.05. The molecule has 2 aromatic rings. The molecule has 0 saturated heterocycles. The number of ether oxygens (including phenoxy) is 1. The van der Waals surface area contributed by atoms with Gasteiger partial charge in [-0.25, -0.2) is 8.42 Å². The third-order valence-electron chi connectivity index (χ3n) is 5.51. The Balaban J connectivity index is 1.76. The van der Waals surface area contributed by atoms with Crippen molar-refractivity contribution in [3.8, 4) is 0 Å². The molecular formula is C22H25N3O5S. The Morgan fingerprint density at radius 1 is 1.26 bits per heavy atom. The molecule has 0 atom stereocenters. The molecule has 1 saturated carbocycles. The number of pyridine rings is 1. The van der Waals surface area contributed by atoms with Gasteiger partial charge in [-0.1, -0.05) is 6.07 Å². The van der Waals surface area contributed by atoms with Crippen LogP contribution in [0.25, 0.3) is 0 Å². The summed E-state index contributed by atoms with van der Waals surface area (Å²) in [6, 6.07) is 6.68. The number of nitrogens with zero attached hydrogens (tertiary/aromatic N) is 2. The van der Waals surface area contributed by atoms with Gasteiger partial charge in [0.05, 0.1) is 46.4 Å². The van der Waals surface area contributed by atoms with E-state index in [4.69, 9.17) is 4.74 Å². The molecule has 1 aliphatic carbocycles. The highest BCUT2D eigenvalue weighted by atomic mass is 32.2. The Labute approximate surface area is 181 Å². The number of sulfone groups is 1. The van der Waals surface area contributed by atoms with Crippen LogP contribution in [-0.2, 0) is 38.9 Å². The van der Waals surface area contributed by atoms with Crippen molar-refractivity contribution < 1.29 is 22.7 Å². The van der Waals surface area contributed by atoms with Gasteiger partial charge in [-0.15, -0.1) is 0 Å². The van der Waals surface area contributed by atoms with E-state index in [9.17, 15) is 18.0 Å². The lowest BCUT2D eigenvalue weighted by molar-refractivity contribution is -0.119. The van der Waals surface area contributed by atoms with Crippen LogP contribution in [0.5, 0.6) is 0 Å². The number of anilines is 2. The number of hydrogen-bond donors (Lipinski definition) is 1. The van der Waals surface area contributed by atoms with E-state index in [1.165, 1.54) is 0 Å². The molecule has 0 spiro atoms. The number of benzene rings is 1. The number of Topliss-reactive ketones (excluding diaryl/α,β-unsaturated/α-hetero) is 1. The summed E-state index contributed by atoms with van der Waals surface area (Å²) in [6.07, 6.45) is 3.18. The monoisotopic (exact) mass is 443 g/mol. The maximum Gasteiger partial charge on any atom is 0.257 e. The zero-order valence-corrected chi connectivity index (χ0v) is 18.6. The van der Waals surface area contributed by atoms with E-state index in [2.05, 4.69) is 10.3 Å². The molecule has 0 radical (unpaired) electrons. The fourth-order valence-corrected chi connectivity index (χ4v) is 4.68. The van der Waals surface area contributed by atoms with Gasteiger partial charge in [-0.05, 0) is 36.6 Å². The zero-order valence-electron chi connectivity index (χ0n) is 17.8. The van der Waals surface area contributed by atoms with Gasteiger partial charge in [0.2, 0.25) is 0 Å². The van der Waals surface area contributed by atoms with Crippen LogP contribution < -0.4 is 5.32 Å². The van der Waals surface area contributed by atoms with Gasteiger partial charge in [-0.2, -0.15) is 0 Å². The molecule has 0 unspecified atom stereocenters. The van der Waals surface area contributed by atoms with Crippen molar-refractivity contribution >= 4 is 32.9 Å². The number of methoxy groups -OCH3 is 1. The molecule has 2 heterocycles. The van der Waals surface area contributed by atoms with Crippen molar-refractivity contribution in [1.29, 1.82) is 0 Å². The van der Waals surface area contributed by atoms with E-state index in [1.807, 2.05) is 0 Å². The Hall–Kier alpha value is -2.78. The predicted molar refractivity (Wildman–Crippen MR) is 115 cm³/mol. The lowest BCUT2D eigenvalue weighted by Crippen LogP contribution is -2.18. The molecule has 1 aromatic heterocycles. The third-order valence-corrected chi connectivity index (χ3v) is 6.65. The number of aromatic nitrogens is 1. The highest BCUT2D eigenvalue weighted by Crippen LogP contribution is 2.35. The molecule has 0 bridgehead atoms. The third kappa shape index (κ3) is 4.47. The Morgan fingerprint density at radius 2 is 2.00 bits per heavy atom. The van der Waals surface area contributed by atoms with Crippen molar-refractivity contribution in [2.75, 3.05) is 25.7 Å². The lowest BCUT2D eigenvalue weighted by Gasteiger charge is -2.16. The maximum absolute atomic E-state index is 12.7. The molecule has 1 fully saturated rings. The normalized spacial score (nSPS) is 15.8. The van der Waals surface area contributed by atoms with Gasteiger partial charge in [0.15, 0.2) is 9.84 Å². The molecule has 1 aromatic carbocycles. The SMILES string of the molecule is COCc1ccc(Nc2cc(CC(=O)C3CC3)nc3c2C(=O)N(C)C3)c(S(C)(=O)=O)c1. The van der Waals surface area contributed by atoms with Gasteiger partial charge in [0, 0.05) is 32.8 Å². The van der Waals surface area contributed by atoms with Crippen molar-refractivity contribution in [3.05, 3.63) is 46.8 Å². The van der Waals surface area contributed by atoms with Gasteiger partial charge in [-0.3, -0.25) is 14.6 Å². The highest BCUT2D eigenvalue weighted by Gasteiger charge is 2.33. The smallest absolute Gasteiger partial charge is 0.257 e. The van der Waals surface area contributed by atoms with E-state index in [0.717, 1.165) is 24.7 Å². The number of carbonyl (C=O) groups excluding carboxylic acids is 2. The van der Waals surface area contributed by atoms with Crippen LogP contribution >= 0.6 is 0 Å². The number of fused-ring (bicyclic) bond motifs is 1. The van der Waals surface area contributed by atoms with Gasteiger partial charge in [0.25, 0.3) is 5.91 Å². The lowest BCUT2D eigenvalue weighted by atomic mass is 10.1. The molecule has 1 aliphatic heterocycles. The van der Waals surface area contributed by atoms with Crippen LogP contribution in [0.3, 0.4) is 0 Å². The van der Waals surface area contributed by atoms with Gasteiger partial charge in [0.1, 0.15) is 5.78 Å². The molecule has 1 N–H and O–H groups in total. The standard InChI is InChI=1S/C22H25N3O5S/c1-25-11-18-21(22(25)27)17(9-15(23-18)10-19(26)14-5-6-14)24-16-7-4-13(12-30-2)8-20(16)31(3,28)29/h4,7-9,14H,5-6,10-12H2,1-3H3,(H,23,24). The highest BCUT2D eigenvalue weighted by molar-refractivity contribution is 7.90. The molecule has 8 nitrogen and oxygen atoms in total. The maximum atomic E-state index is 12.7. The number of hydrogen-bond acceptors (Lipinski definition) is 7. The molecule has 4 rings (SSSR count). The van der Waals surface area contributed by atoms with Crippen LogP contribution in [0.15, 0.2) is 29.2 Å². The van der Waals surface area contributed by atoms with Crippen LogP contribution in [-0.4, -0.2) is 50.4 Å². The van der Waals surface area contributed by atoms with E-state index in [0.29, 0.717) is 34.9 Å². The topological polar surface area (TPSA) is 106 Å². The van der Waals surface area contributed by atoms with E-state index < -0.39 is 9.84 Å². The minimum absolute atomic E-state index is 0.112. The van der Waals surface area contributed by atoms with E-state index in [-0.39, 0.29) is 35.5 Å². The Morgan fingerprint density at radius 3 is 2.65 bits per heavy atom. The second-order valence-corrected chi connectivity index (χ2v) is 10.2. The minimum Gasteiger partial charge on any atom is -0.380 e. The van der Waals surface area contributed by atoms with E-state index >= 15 is 0 Å². The number of amides is 1. The quantitative estimate of drug-likeness (QED) is 0.668. The number of ketones is 1. The summed E-state index contributed by atoms with van der Waals surface area (Å²) in [6.45, 7) is 0.629. The molecule has 1 amide bonds. The average molecular weight is 444 g/mol. The number of rotatable bonds is 8. The second-order valence-electron chi connectivity index (χ2n) is 8.22. The summed E-state index contributed by atoms with van der Waals surface area (Å²) in [5.41, 5.74) is 3.12. The minimum atomic E-state index is -3.55. The average Bonchev–Trinajstić information content (AvgIpc) is 3.49. The molecule has 2 aliphatic rings. The number of nitrogens with one attached hydrogen (secondary N) is 1. The Bertz CT molecular complexity index is 1170. The summed E-state index contributed by atoms with van der Waals surface area (Å²) in [5, 5.41) is 3.14. The van der Waals surface area contributed by atoms with Crippen LogP contribution in [0, 0.1) is 5.92 Å². The fourth-order valence-electron chi connectivity index (χ4n) is 3.79. The van der Waals surface area contributed by atoms with Crippen molar-refractivity contribution in [2.45, 2.75) is 37.3 Å². The summed E-state index contributed by atoms with van der Waals surface area (Å²) in [7, 11) is -0.322. The fraction of sp³-hybridized carbons (Fsp3) is 0.409. The largest absolute Gasteiger partial charge is 0.380 e. The summed E-state index contributed by atoms with van der Waals surface area (Å²) < 4.78 is 30.0. The molecule has 9 heteroatoms. The first kappa shape index (κ1) is 21.5. The first-order chi connectivity index (χ1) is 14.7. The van der Waals surface area contributed by atoms with Crippen LogP contribution in [0.2, 0.25) is 0 Å². The predicted octanol–water partition coefficient (Wildman–Crippen LogP) is 2.48. The van der Waals surface area contributed by atoms with Crippen molar-refractivity contribution in [2.24, 2.45) is 5.92 Å². The Kier molecular flexibility index (Phi) is 5.57. The van der Waals surface area contributed by atoms with Crippen LogP contribution in [0.1, 0.15) is 40.2 Å². The van der Waals surface area contributed by atoms with E-state index in [1.54, 1.807) is 43.3 Å². The molecule has 31 heavy (non-hydrogen) atoms. The summed E-state index contributed by atoms with van der Waals surface area (Å²) in [4.78, 5) is 31.3. The first-order valence-electron chi connectivity index (χ1n) is 10.1. The molecule has 164 valence electrons.